The number of nitrogens with two attached hydrogens (primary N) is 2. The van der Waals surface area contributed by atoms with Crippen molar-refractivity contribution < 1.29 is 9.53 Å². The van der Waals surface area contributed by atoms with Gasteiger partial charge in [0.05, 0.1) is 33.8 Å². The van der Waals surface area contributed by atoms with Gasteiger partial charge in [0.1, 0.15) is 15.6 Å². The third-order valence-corrected chi connectivity index (χ3v) is 9.24. The summed E-state index contributed by atoms with van der Waals surface area (Å²) in [6.45, 7) is 3.69. The Labute approximate surface area is 227 Å². The lowest BCUT2D eigenvalue weighted by molar-refractivity contribution is 0.100. The number of morpholine rings is 1. The number of thiazole rings is 1. The van der Waals surface area contributed by atoms with Gasteiger partial charge in [0.15, 0.2) is 16.9 Å². The molecule has 0 aliphatic carbocycles. The van der Waals surface area contributed by atoms with E-state index in [1.54, 1.807) is 40.4 Å². The molecule has 0 aromatic carbocycles. The van der Waals surface area contributed by atoms with Crippen LogP contribution < -0.4 is 32.4 Å². The molecule has 0 unspecified atom stereocenters. The summed E-state index contributed by atoms with van der Waals surface area (Å²) in [5, 5.41) is 10.6. The third kappa shape index (κ3) is 4.48. The summed E-state index contributed by atoms with van der Waals surface area (Å²) < 4.78 is 8.74. The van der Waals surface area contributed by atoms with Crippen LogP contribution in [0.5, 0.6) is 0 Å². The van der Waals surface area contributed by atoms with E-state index in [9.17, 15) is 9.59 Å². The quantitative estimate of drug-likeness (QED) is 0.218. The molecule has 1 aliphatic heterocycles. The number of imidazole rings is 1. The minimum Gasteiger partial charge on any atom is -0.378 e. The maximum absolute atomic E-state index is 12.9. The van der Waals surface area contributed by atoms with E-state index in [1.807, 2.05) is 5.38 Å². The van der Waals surface area contributed by atoms with Crippen molar-refractivity contribution in [3.63, 3.8) is 0 Å². The zero-order valence-corrected chi connectivity index (χ0v) is 22.4. The lowest BCUT2D eigenvalue weighted by Crippen LogP contribution is -2.36. The normalized spacial score (nSPS) is 13.9. The van der Waals surface area contributed by atoms with Gasteiger partial charge in [-0.2, -0.15) is 4.98 Å². The number of carbonyl (C=O) groups excluding carboxylic acids is 1. The third-order valence-electron chi connectivity index (χ3n) is 5.95. The molecule has 1 saturated heterocycles. The van der Waals surface area contributed by atoms with Crippen molar-refractivity contribution in [2.75, 3.05) is 54.9 Å². The molecule has 5 aromatic heterocycles. The van der Waals surface area contributed by atoms with E-state index in [4.69, 9.17) is 16.2 Å². The van der Waals surface area contributed by atoms with E-state index >= 15 is 0 Å². The highest BCUT2D eigenvalue weighted by molar-refractivity contribution is 7.29. The Morgan fingerprint density at radius 2 is 2.03 bits per heavy atom. The van der Waals surface area contributed by atoms with Crippen LogP contribution in [-0.2, 0) is 4.74 Å². The Morgan fingerprint density at radius 3 is 2.82 bits per heavy atom. The van der Waals surface area contributed by atoms with Crippen molar-refractivity contribution in [3.8, 4) is 10.6 Å². The van der Waals surface area contributed by atoms with Crippen LogP contribution in [0.3, 0.4) is 0 Å². The van der Waals surface area contributed by atoms with Crippen LogP contribution in [0.4, 0.5) is 21.8 Å². The van der Waals surface area contributed by atoms with Gasteiger partial charge >= 0.3 is 0 Å². The molecule has 5 aromatic rings. The second-order valence-corrected chi connectivity index (χ2v) is 11.3. The first kappa shape index (κ1) is 24.7. The number of nitrogens with zero attached hydrogens (tertiary/aromatic N) is 5. The molecule has 0 spiro atoms. The lowest BCUT2D eigenvalue weighted by atomic mass is 10.2. The van der Waals surface area contributed by atoms with Crippen LogP contribution in [-0.4, -0.2) is 64.7 Å². The average molecular weight is 570 g/mol. The fourth-order valence-corrected chi connectivity index (χ4v) is 7.52. The van der Waals surface area contributed by atoms with E-state index in [-0.39, 0.29) is 16.8 Å². The van der Waals surface area contributed by atoms with E-state index in [0.717, 1.165) is 33.4 Å². The average Bonchev–Trinajstić information content (AvgIpc) is 3.67. The van der Waals surface area contributed by atoms with Crippen LogP contribution in [0, 0.1) is 0 Å². The molecule has 1 amide bonds. The predicted octanol–water partition coefficient (Wildman–Crippen LogP) is 2.54. The second-order valence-electron chi connectivity index (χ2n) is 8.37. The van der Waals surface area contributed by atoms with E-state index < -0.39 is 5.91 Å². The first-order chi connectivity index (χ1) is 18.5. The number of anilines is 4. The summed E-state index contributed by atoms with van der Waals surface area (Å²) in [6, 6.07) is 1.71. The molecule has 0 atom stereocenters. The molecule has 0 bridgehead atoms. The van der Waals surface area contributed by atoms with Gasteiger partial charge in [-0.05, 0) is 0 Å². The zero-order chi connectivity index (χ0) is 26.2. The van der Waals surface area contributed by atoms with Crippen molar-refractivity contribution in [2.45, 2.75) is 0 Å². The molecule has 196 valence electrons. The Bertz CT molecular complexity index is 1700. The Morgan fingerprint density at radius 1 is 1.18 bits per heavy atom. The van der Waals surface area contributed by atoms with Gasteiger partial charge in [-0.25, -0.2) is 9.97 Å². The molecule has 6 heterocycles. The number of thiophene rings is 1. The summed E-state index contributed by atoms with van der Waals surface area (Å²) in [4.78, 5) is 41.0. The number of ether oxygens (including phenoxy) is 1. The van der Waals surface area contributed by atoms with Crippen molar-refractivity contribution in [1.29, 1.82) is 0 Å². The molecule has 0 radical (unpaired) electrons. The van der Waals surface area contributed by atoms with Crippen LogP contribution in [0.1, 0.15) is 10.4 Å². The number of fused-ring (bicyclic) bond motifs is 2. The minimum atomic E-state index is -0.657. The first-order valence-electron chi connectivity index (χ1n) is 11.8. The van der Waals surface area contributed by atoms with Gasteiger partial charge in [0.2, 0.25) is 5.95 Å². The largest absolute Gasteiger partial charge is 0.378 e. The number of primary amides is 1. The SMILES string of the molecule is NCCNc1nc(Nc2cnc(-c3csc4c(=O)cc(N5CCOCC5)sc34)s2)c(C(N)=O)c2nccn12. The number of hydrogen-bond acceptors (Lipinski definition) is 13. The summed E-state index contributed by atoms with van der Waals surface area (Å²) >= 11 is 4.41. The van der Waals surface area contributed by atoms with E-state index in [0.29, 0.717) is 47.6 Å². The number of amides is 1. The second kappa shape index (κ2) is 10.3. The van der Waals surface area contributed by atoms with Crippen molar-refractivity contribution >= 4 is 76.7 Å². The Balaban J connectivity index is 1.36. The fourth-order valence-electron chi connectivity index (χ4n) is 4.20. The number of hydrogen-bond donors (Lipinski definition) is 4. The van der Waals surface area contributed by atoms with Crippen molar-refractivity contribution in [1.82, 2.24) is 19.4 Å². The van der Waals surface area contributed by atoms with Crippen LogP contribution in [0.2, 0.25) is 0 Å². The molecule has 1 fully saturated rings. The van der Waals surface area contributed by atoms with Gasteiger partial charge in [-0.3, -0.25) is 14.0 Å². The maximum Gasteiger partial charge on any atom is 0.256 e. The van der Waals surface area contributed by atoms with Crippen molar-refractivity contribution in [2.24, 2.45) is 11.5 Å². The zero-order valence-electron chi connectivity index (χ0n) is 20.0. The van der Waals surface area contributed by atoms with Crippen molar-refractivity contribution in [3.05, 3.63) is 45.8 Å². The van der Waals surface area contributed by atoms with Crippen LogP contribution in [0.25, 0.3) is 25.6 Å². The van der Waals surface area contributed by atoms with Crippen LogP contribution >= 0.6 is 34.0 Å². The number of nitrogens with one attached hydrogen (secondary N) is 2. The van der Waals surface area contributed by atoms with Gasteiger partial charge in [-0.15, -0.1) is 22.7 Å². The highest BCUT2D eigenvalue weighted by atomic mass is 32.1. The molecule has 15 heteroatoms. The molecule has 12 nitrogen and oxygen atoms in total. The molecule has 6 rings (SSSR count). The minimum absolute atomic E-state index is 0.00667. The van der Waals surface area contributed by atoms with Gasteiger partial charge in [0, 0.05) is 55.6 Å². The summed E-state index contributed by atoms with van der Waals surface area (Å²) in [5.74, 6) is 0.0837. The predicted molar refractivity (Wildman–Crippen MR) is 152 cm³/mol. The fraction of sp³-hybridized carbons (Fsp3) is 0.261. The maximum atomic E-state index is 12.9. The molecule has 1 aliphatic rings. The number of aromatic nitrogens is 4. The molecular formula is C23H23N9O3S3. The smallest absolute Gasteiger partial charge is 0.256 e. The summed E-state index contributed by atoms with van der Waals surface area (Å²) in [6.07, 6.45) is 4.94. The van der Waals surface area contributed by atoms with Gasteiger partial charge in [-0.1, -0.05) is 11.3 Å². The van der Waals surface area contributed by atoms with Gasteiger partial charge in [0.25, 0.3) is 5.91 Å². The first-order valence-corrected chi connectivity index (χ1v) is 14.3. The van der Waals surface area contributed by atoms with Crippen LogP contribution in [0.15, 0.2) is 34.8 Å². The summed E-state index contributed by atoms with van der Waals surface area (Å²) in [7, 11) is 0. The highest BCUT2D eigenvalue weighted by Gasteiger charge is 2.22. The number of carbonyl (C=O) groups is 1. The Hall–Kier alpha value is -3.63. The molecule has 6 N–H and O–H groups in total. The Kier molecular flexibility index (Phi) is 6.67. The molecule has 38 heavy (non-hydrogen) atoms. The van der Waals surface area contributed by atoms with E-state index in [1.165, 1.54) is 22.7 Å². The van der Waals surface area contributed by atoms with E-state index in [2.05, 4.69) is 30.5 Å². The highest BCUT2D eigenvalue weighted by Crippen LogP contribution is 2.41. The monoisotopic (exact) mass is 569 g/mol. The number of rotatable bonds is 8. The van der Waals surface area contributed by atoms with Gasteiger partial charge < -0.3 is 31.7 Å². The topological polar surface area (TPSA) is 166 Å². The molecule has 0 saturated carbocycles. The summed E-state index contributed by atoms with van der Waals surface area (Å²) in [5.41, 5.74) is 12.8. The lowest BCUT2D eigenvalue weighted by Gasteiger charge is -2.28. The standard InChI is InChI=1S/C23H23N9O3S3/c24-1-2-27-23-30-20(16(19(25)34)21-26-3-4-32(21)23)29-14-10-28-22(37-14)12-11-36-18-13(33)9-15(38-17(12)18)31-5-7-35-8-6-31/h3-4,9-11,29H,1-2,5-8,24H2,(H2,25,34)(H,27,30). The molecular weight excluding hydrogens is 547 g/mol.